The number of nitrogens with zero attached hydrogens (tertiary/aromatic N) is 3. The highest BCUT2D eigenvalue weighted by atomic mass is 32.2. The van der Waals surface area contributed by atoms with Gasteiger partial charge in [-0.15, -0.1) is 5.10 Å². The van der Waals surface area contributed by atoms with Crippen LogP contribution < -0.4 is 10.6 Å². The molecular weight excluding hydrogens is 466 g/mol. The summed E-state index contributed by atoms with van der Waals surface area (Å²) in [4.78, 5) is 18.4. The lowest BCUT2D eigenvalue weighted by Crippen LogP contribution is -2.31. The van der Waals surface area contributed by atoms with E-state index in [1.54, 1.807) is 11.8 Å². The molecule has 2 N–H and O–H groups in total. The fourth-order valence-corrected chi connectivity index (χ4v) is 5.16. The first kappa shape index (κ1) is 23.9. The van der Waals surface area contributed by atoms with E-state index in [0.717, 1.165) is 34.7 Å². The number of carbonyl (C=O) groups is 1. The van der Waals surface area contributed by atoms with E-state index in [9.17, 15) is 4.79 Å². The van der Waals surface area contributed by atoms with Crippen molar-refractivity contribution in [3.8, 4) is 0 Å². The van der Waals surface area contributed by atoms with Gasteiger partial charge in [0.25, 0.3) is 5.91 Å². The van der Waals surface area contributed by atoms with Gasteiger partial charge in [-0.25, -0.2) is 4.68 Å². The zero-order chi connectivity index (χ0) is 25.1. The minimum atomic E-state index is -0.393. The Morgan fingerprint density at radius 2 is 1.78 bits per heavy atom. The Balaban J connectivity index is 1.50. The fraction of sp³-hybridized carbons (Fsp3) is 0.207. The van der Waals surface area contributed by atoms with Gasteiger partial charge in [0.15, 0.2) is 0 Å². The van der Waals surface area contributed by atoms with E-state index in [0.29, 0.717) is 16.7 Å². The Morgan fingerprint density at radius 1 is 1.00 bits per heavy atom. The molecular formula is C29H29N5OS. The molecule has 0 bridgehead atoms. The fourth-order valence-electron chi connectivity index (χ4n) is 4.37. The highest BCUT2D eigenvalue weighted by molar-refractivity contribution is 7.98. The predicted molar refractivity (Wildman–Crippen MR) is 146 cm³/mol. The Morgan fingerprint density at radius 3 is 2.50 bits per heavy atom. The minimum absolute atomic E-state index is 0.158. The van der Waals surface area contributed by atoms with Crippen LogP contribution in [0.25, 0.3) is 0 Å². The highest BCUT2D eigenvalue weighted by Gasteiger charge is 2.34. The first-order valence-electron chi connectivity index (χ1n) is 12.1. The number of fused-ring (bicyclic) bond motifs is 1. The van der Waals surface area contributed by atoms with Crippen LogP contribution >= 0.6 is 11.8 Å². The quantitative estimate of drug-likeness (QED) is 0.292. The molecule has 1 atom stereocenters. The molecule has 0 saturated heterocycles. The maximum atomic E-state index is 13.6. The van der Waals surface area contributed by atoms with E-state index in [2.05, 4.69) is 54.0 Å². The molecule has 0 radical (unpaired) electrons. The number of anilines is 2. The zero-order valence-corrected chi connectivity index (χ0v) is 21.5. The summed E-state index contributed by atoms with van der Waals surface area (Å²) < 4.78 is 1.84. The van der Waals surface area contributed by atoms with Gasteiger partial charge >= 0.3 is 0 Å². The molecule has 5 rings (SSSR count). The first-order valence-corrected chi connectivity index (χ1v) is 13.1. The molecule has 182 valence electrons. The normalized spacial score (nSPS) is 14.8. The van der Waals surface area contributed by atoms with Crippen LogP contribution in [0.15, 0.2) is 95.3 Å². The molecule has 1 aliphatic rings. The van der Waals surface area contributed by atoms with Gasteiger partial charge in [-0.05, 0) is 54.7 Å². The average molecular weight is 496 g/mol. The zero-order valence-electron chi connectivity index (χ0n) is 20.7. The van der Waals surface area contributed by atoms with Crippen LogP contribution in [0.3, 0.4) is 0 Å². The van der Waals surface area contributed by atoms with Crippen molar-refractivity contribution in [3.05, 3.63) is 112 Å². The Hall–Kier alpha value is -3.84. The van der Waals surface area contributed by atoms with Gasteiger partial charge in [0, 0.05) is 17.1 Å². The third kappa shape index (κ3) is 5.06. The van der Waals surface area contributed by atoms with Crippen molar-refractivity contribution >= 4 is 29.3 Å². The summed E-state index contributed by atoms with van der Waals surface area (Å²) in [5.41, 5.74) is 6.70. The van der Waals surface area contributed by atoms with E-state index in [1.165, 1.54) is 11.1 Å². The third-order valence-electron chi connectivity index (χ3n) is 6.27. The van der Waals surface area contributed by atoms with Gasteiger partial charge in [0.1, 0.15) is 6.04 Å². The number of hydrogen-bond donors (Lipinski definition) is 2. The van der Waals surface area contributed by atoms with E-state index < -0.39 is 6.04 Å². The van der Waals surface area contributed by atoms with E-state index in [4.69, 9.17) is 10.1 Å². The van der Waals surface area contributed by atoms with Crippen LogP contribution in [0.4, 0.5) is 11.6 Å². The van der Waals surface area contributed by atoms with Crippen LogP contribution in [0.2, 0.25) is 0 Å². The Kier molecular flexibility index (Phi) is 6.91. The number of aromatic nitrogens is 3. The lowest BCUT2D eigenvalue weighted by Gasteiger charge is -2.28. The largest absolute Gasteiger partial charge is 0.328 e. The third-order valence-corrected chi connectivity index (χ3v) is 7.18. The predicted octanol–water partition coefficient (Wildman–Crippen LogP) is 6.37. The molecule has 7 heteroatoms. The Labute approximate surface area is 215 Å². The molecule has 0 aliphatic carbocycles. The lowest BCUT2D eigenvalue weighted by molar-refractivity contribution is -0.113. The number of benzene rings is 3. The highest BCUT2D eigenvalue weighted by Crippen LogP contribution is 2.37. The minimum Gasteiger partial charge on any atom is -0.328 e. The second kappa shape index (κ2) is 10.4. The molecule has 3 aromatic carbocycles. The van der Waals surface area contributed by atoms with E-state index in [-0.39, 0.29) is 5.91 Å². The molecule has 36 heavy (non-hydrogen) atoms. The van der Waals surface area contributed by atoms with E-state index >= 15 is 0 Å². The number of nitrogens with one attached hydrogen (secondary N) is 2. The van der Waals surface area contributed by atoms with Crippen LogP contribution in [0.5, 0.6) is 0 Å². The van der Waals surface area contributed by atoms with E-state index in [1.807, 2.05) is 61.0 Å². The molecule has 1 aromatic heterocycles. The van der Waals surface area contributed by atoms with Crippen LogP contribution in [-0.4, -0.2) is 20.7 Å². The van der Waals surface area contributed by atoms with Gasteiger partial charge in [0.05, 0.1) is 5.57 Å². The molecule has 0 spiro atoms. The van der Waals surface area contributed by atoms with Gasteiger partial charge in [0.2, 0.25) is 11.1 Å². The number of amides is 1. The first-order chi connectivity index (χ1) is 17.5. The number of rotatable bonds is 7. The van der Waals surface area contributed by atoms with Crippen molar-refractivity contribution in [2.24, 2.45) is 0 Å². The molecule has 1 amide bonds. The summed E-state index contributed by atoms with van der Waals surface area (Å²) in [7, 11) is 0. The summed E-state index contributed by atoms with van der Waals surface area (Å²) >= 11 is 1.58. The summed E-state index contributed by atoms with van der Waals surface area (Å²) in [6.07, 6.45) is 0.955. The van der Waals surface area contributed by atoms with Gasteiger partial charge in [-0.2, -0.15) is 4.98 Å². The standard InChI is InChI=1S/C29H29N5OS/c1-4-21-13-15-23(16-14-21)26-25(27(35)31-24-12-8-9-19(2)17-24)20(3)30-28-32-29(33-34(26)28)36-18-22-10-6-5-7-11-22/h5-17,26H,4,18H2,1-3H3,(H,31,35)(H,30,32,33). The number of thioether (sulfide) groups is 1. The Bertz CT molecular complexity index is 1410. The maximum Gasteiger partial charge on any atom is 0.255 e. The molecule has 6 nitrogen and oxygen atoms in total. The lowest BCUT2D eigenvalue weighted by atomic mass is 9.94. The van der Waals surface area contributed by atoms with Crippen molar-refractivity contribution in [3.63, 3.8) is 0 Å². The monoisotopic (exact) mass is 495 g/mol. The number of carbonyl (C=O) groups excluding carboxylic acids is 1. The van der Waals surface area contributed by atoms with Crippen LogP contribution in [0, 0.1) is 6.92 Å². The van der Waals surface area contributed by atoms with Crippen molar-refractivity contribution < 1.29 is 4.79 Å². The number of aryl methyl sites for hydroxylation is 2. The van der Waals surface area contributed by atoms with Crippen LogP contribution in [-0.2, 0) is 17.0 Å². The van der Waals surface area contributed by atoms with Crippen molar-refractivity contribution in [2.75, 3.05) is 10.6 Å². The SMILES string of the molecule is CCc1ccc(C2C(C(=O)Nc3cccc(C)c3)=C(C)Nc3nc(SCc4ccccc4)nn32)cc1. The average Bonchev–Trinajstić information content (AvgIpc) is 3.29. The number of hydrogen-bond acceptors (Lipinski definition) is 5. The van der Waals surface area contributed by atoms with Crippen molar-refractivity contribution in [2.45, 2.75) is 44.1 Å². The second-order valence-electron chi connectivity index (χ2n) is 8.92. The molecule has 1 unspecified atom stereocenters. The summed E-state index contributed by atoms with van der Waals surface area (Å²) in [6.45, 7) is 6.07. The summed E-state index contributed by atoms with van der Waals surface area (Å²) in [5, 5.41) is 11.9. The molecule has 2 heterocycles. The molecule has 4 aromatic rings. The van der Waals surface area contributed by atoms with Gasteiger partial charge in [-0.3, -0.25) is 4.79 Å². The second-order valence-corrected chi connectivity index (χ2v) is 9.86. The van der Waals surface area contributed by atoms with Gasteiger partial charge < -0.3 is 10.6 Å². The maximum absolute atomic E-state index is 13.6. The molecule has 0 fully saturated rings. The smallest absolute Gasteiger partial charge is 0.255 e. The van der Waals surface area contributed by atoms with Crippen LogP contribution in [0.1, 0.15) is 42.1 Å². The van der Waals surface area contributed by atoms with Crippen molar-refractivity contribution in [1.82, 2.24) is 14.8 Å². The topological polar surface area (TPSA) is 71.8 Å². The summed E-state index contributed by atoms with van der Waals surface area (Å²) in [6, 6.07) is 26.1. The summed E-state index contributed by atoms with van der Waals surface area (Å²) in [5.74, 6) is 1.25. The molecule has 1 aliphatic heterocycles. The number of allylic oxidation sites excluding steroid dienone is 1. The van der Waals surface area contributed by atoms with Gasteiger partial charge in [-0.1, -0.05) is 85.4 Å². The van der Waals surface area contributed by atoms with Crippen molar-refractivity contribution in [1.29, 1.82) is 0 Å². The molecule has 0 saturated carbocycles.